The van der Waals surface area contributed by atoms with Crippen LogP contribution in [0.15, 0.2) is 35.6 Å². The second-order valence-corrected chi connectivity index (χ2v) is 7.76. The van der Waals surface area contributed by atoms with Crippen LogP contribution in [-0.2, 0) is 20.0 Å². The van der Waals surface area contributed by atoms with E-state index in [-0.39, 0.29) is 0 Å². The van der Waals surface area contributed by atoms with Crippen LogP contribution in [0.5, 0.6) is 0 Å². The SMILES string of the molecule is CSc1nnc(CC2CCN(Cc3ccc4[nH]ccc4c3)CC2)n1C. The van der Waals surface area contributed by atoms with Crippen molar-refractivity contribution >= 4 is 22.7 Å². The molecule has 25 heavy (non-hydrogen) atoms. The molecule has 1 saturated heterocycles. The number of aromatic nitrogens is 4. The quantitative estimate of drug-likeness (QED) is 0.712. The van der Waals surface area contributed by atoms with Gasteiger partial charge in [-0.3, -0.25) is 4.90 Å². The average Bonchev–Trinajstić information content (AvgIpc) is 3.23. The molecule has 1 N–H and O–H groups in total. The van der Waals surface area contributed by atoms with Crippen molar-refractivity contribution in [3.05, 3.63) is 41.9 Å². The zero-order chi connectivity index (χ0) is 17.2. The molecule has 0 unspecified atom stereocenters. The summed E-state index contributed by atoms with van der Waals surface area (Å²) in [7, 11) is 2.08. The highest BCUT2D eigenvalue weighted by Crippen LogP contribution is 2.24. The van der Waals surface area contributed by atoms with Gasteiger partial charge in [0.25, 0.3) is 0 Å². The number of nitrogens with one attached hydrogen (secondary N) is 1. The summed E-state index contributed by atoms with van der Waals surface area (Å²) in [4.78, 5) is 5.84. The van der Waals surface area contributed by atoms with E-state index in [0.717, 1.165) is 29.9 Å². The largest absolute Gasteiger partial charge is 0.361 e. The highest BCUT2D eigenvalue weighted by Gasteiger charge is 2.22. The molecule has 1 fully saturated rings. The topological polar surface area (TPSA) is 49.7 Å². The Hall–Kier alpha value is -1.79. The molecular weight excluding hydrogens is 330 g/mol. The lowest BCUT2D eigenvalue weighted by Gasteiger charge is -2.31. The molecule has 1 aromatic carbocycles. The molecule has 0 atom stereocenters. The van der Waals surface area contributed by atoms with Crippen molar-refractivity contribution in [3.8, 4) is 0 Å². The first-order chi connectivity index (χ1) is 12.2. The molecule has 5 nitrogen and oxygen atoms in total. The third kappa shape index (κ3) is 3.60. The van der Waals surface area contributed by atoms with Crippen LogP contribution in [0.25, 0.3) is 10.9 Å². The van der Waals surface area contributed by atoms with Crippen LogP contribution in [0.1, 0.15) is 24.2 Å². The first-order valence-corrected chi connectivity index (χ1v) is 10.2. The van der Waals surface area contributed by atoms with Gasteiger partial charge in [-0.1, -0.05) is 17.8 Å². The summed E-state index contributed by atoms with van der Waals surface area (Å²) in [6.07, 6.45) is 7.60. The molecule has 0 amide bonds. The number of likely N-dealkylation sites (tertiary alicyclic amines) is 1. The Bertz CT molecular complexity index is 844. The minimum atomic E-state index is 0.723. The normalized spacial score (nSPS) is 16.7. The van der Waals surface area contributed by atoms with E-state index in [2.05, 4.69) is 62.2 Å². The van der Waals surface area contributed by atoms with E-state index in [1.54, 1.807) is 11.8 Å². The number of H-pyrrole nitrogens is 1. The van der Waals surface area contributed by atoms with Crippen LogP contribution >= 0.6 is 11.8 Å². The van der Waals surface area contributed by atoms with Gasteiger partial charge in [-0.25, -0.2) is 0 Å². The standard InChI is InChI=1S/C19H25N5S/c1-23-18(21-22-19(23)25-2)12-14-6-9-24(10-7-14)13-15-3-4-17-16(11-15)5-8-20-17/h3-5,8,11,14,20H,6-7,9-10,12-13H2,1-2H3. The molecule has 1 aliphatic rings. The average molecular weight is 356 g/mol. The third-order valence-corrected chi connectivity index (χ3v) is 6.03. The van der Waals surface area contributed by atoms with E-state index >= 15 is 0 Å². The summed E-state index contributed by atoms with van der Waals surface area (Å²) < 4.78 is 2.14. The van der Waals surface area contributed by atoms with Gasteiger partial charge >= 0.3 is 0 Å². The number of benzene rings is 1. The van der Waals surface area contributed by atoms with Crippen molar-refractivity contribution in [3.63, 3.8) is 0 Å². The van der Waals surface area contributed by atoms with E-state index in [1.165, 1.54) is 42.4 Å². The zero-order valence-electron chi connectivity index (χ0n) is 14.9. The van der Waals surface area contributed by atoms with Crippen LogP contribution < -0.4 is 0 Å². The van der Waals surface area contributed by atoms with E-state index in [0.29, 0.717) is 0 Å². The number of aromatic amines is 1. The van der Waals surface area contributed by atoms with Crippen molar-refractivity contribution in [2.75, 3.05) is 19.3 Å². The predicted molar refractivity (Wildman–Crippen MR) is 103 cm³/mol. The summed E-state index contributed by atoms with van der Waals surface area (Å²) in [6, 6.07) is 8.89. The van der Waals surface area contributed by atoms with Crippen molar-refractivity contribution < 1.29 is 0 Å². The number of hydrogen-bond donors (Lipinski definition) is 1. The maximum absolute atomic E-state index is 4.37. The molecule has 0 aliphatic carbocycles. The molecular formula is C19H25N5S. The van der Waals surface area contributed by atoms with Crippen molar-refractivity contribution in [2.24, 2.45) is 13.0 Å². The summed E-state index contributed by atoms with van der Waals surface area (Å²) in [5.74, 6) is 1.85. The van der Waals surface area contributed by atoms with E-state index in [1.807, 2.05) is 6.20 Å². The summed E-state index contributed by atoms with van der Waals surface area (Å²) in [5.41, 5.74) is 2.62. The van der Waals surface area contributed by atoms with Crippen molar-refractivity contribution in [1.29, 1.82) is 0 Å². The summed E-state index contributed by atoms with van der Waals surface area (Å²) in [5, 5.41) is 10.9. The molecule has 0 bridgehead atoms. The lowest BCUT2D eigenvalue weighted by atomic mass is 9.93. The Kier molecular flexibility index (Phi) is 4.81. The van der Waals surface area contributed by atoms with Gasteiger partial charge in [-0.2, -0.15) is 0 Å². The fraction of sp³-hybridized carbons (Fsp3) is 0.474. The lowest BCUT2D eigenvalue weighted by Crippen LogP contribution is -2.34. The van der Waals surface area contributed by atoms with Crippen molar-refractivity contribution in [2.45, 2.75) is 31.0 Å². The minimum Gasteiger partial charge on any atom is -0.361 e. The third-order valence-electron chi connectivity index (χ3n) is 5.31. The Morgan fingerprint density at radius 1 is 1.20 bits per heavy atom. The Balaban J connectivity index is 1.32. The number of piperidine rings is 1. The van der Waals surface area contributed by atoms with E-state index in [4.69, 9.17) is 0 Å². The summed E-state index contributed by atoms with van der Waals surface area (Å²) in [6.45, 7) is 3.39. The maximum atomic E-state index is 4.37. The number of rotatable bonds is 5. The highest BCUT2D eigenvalue weighted by molar-refractivity contribution is 7.98. The molecule has 132 valence electrons. The number of thioether (sulfide) groups is 1. The van der Waals surface area contributed by atoms with Gasteiger partial charge in [0, 0.05) is 31.7 Å². The molecule has 3 heterocycles. The smallest absolute Gasteiger partial charge is 0.190 e. The molecule has 0 radical (unpaired) electrons. The van der Waals surface area contributed by atoms with Crippen molar-refractivity contribution in [1.82, 2.24) is 24.6 Å². The minimum absolute atomic E-state index is 0.723. The molecule has 1 aliphatic heterocycles. The molecule has 6 heteroatoms. The van der Waals surface area contributed by atoms with Gasteiger partial charge in [-0.15, -0.1) is 10.2 Å². The van der Waals surface area contributed by atoms with Gasteiger partial charge in [0.2, 0.25) is 0 Å². The Morgan fingerprint density at radius 3 is 2.80 bits per heavy atom. The first-order valence-electron chi connectivity index (χ1n) is 8.93. The number of hydrogen-bond acceptors (Lipinski definition) is 4. The lowest BCUT2D eigenvalue weighted by molar-refractivity contribution is 0.175. The number of fused-ring (bicyclic) bond motifs is 1. The van der Waals surface area contributed by atoms with Crippen LogP contribution in [0.4, 0.5) is 0 Å². The molecule has 4 rings (SSSR count). The fourth-order valence-electron chi connectivity index (χ4n) is 3.77. The number of nitrogens with zero attached hydrogens (tertiary/aromatic N) is 4. The Morgan fingerprint density at radius 2 is 2.04 bits per heavy atom. The van der Waals surface area contributed by atoms with Gasteiger partial charge in [0.1, 0.15) is 5.82 Å². The fourth-order valence-corrected chi connectivity index (χ4v) is 4.27. The van der Waals surface area contributed by atoms with Crippen LogP contribution in [-0.4, -0.2) is 44.0 Å². The summed E-state index contributed by atoms with van der Waals surface area (Å²) >= 11 is 1.66. The monoisotopic (exact) mass is 355 g/mol. The zero-order valence-corrected chi connectivity index (χ0v) is 15.7. The van der Waals surface area contributed by atoms with Crippen LogP contribution in [0, 0.1) is 5.92 Å². The maximum Gasteiger partial charge on any atom is 0.190 e. The second kappa shape index (κ2) is 7.22. The van der Waals surface area contributed by atoms with Gasteiger partial charge < -0.3 is 9.55 Å². The predicted octanol–water partition coefficient (Wildman–Crippen LogP) is 3.47. The van der Waals surface area contributed by atoms with Gasteiger partial charge in [0.05, 0.1) is 0 Å². The highest BCUT2D eigenvalue weighted by atomic mass is 32.2. The molecule has 0 saturated carbocycles. The van der Waals surface area contributed by atoms with Gasteiger partial charge in [-0.05, 0) is 67.3 Å². The van der Waals surface area contributed by atoms with Crippen LogP contribution in [0.3, 0.4) is 0 Å². The van der Waals surface area contributed by atoms with E-state index < -0.39 is 0 Å². The second-order valence-electron chi connectivity index (χ2n) is 6.98. The van der Waals surface area contributed by atoms with E-state index in [9.17, 15) is 0 Å². The molecule has 0 spiro atoms. The molecule has 2 aromatic heterocycles. The van der Waals surface area contributed by atoms with Gasteiger partial charge in [0.15, 0.2) is 5.16 Å². The molecule has 3 aromatic rings. The van der Waals surface area contributed by atoms with Crippen LogP contribution in [0.2, 0.25) is 0 Å². The first kappa shape index (κ1) is 16.7. The Labute approximate surface area is 152 Å².